The number of carboxylic acid groups (broad SMARTS) is 4. The van der Waals surface area contributed by atoms with Crippen molar-refractivity contribution in [3.8, 4) is 0 Å². The molecule has 0 unspecified atom stereocenters. The van der Waals surface area contributed by atoms with Gasteiger partial charge in [0.25, 0.3) is 0 Å². The molecular weight excluding hydrogens is 472 g/mol. The SMILES string of the molecule is CC(C)(CCCC(=O)O)C(C)(C)C(=O)O.CC(C)(CCCC(=O)O)C(C)(C)C(=O)O.[O-2].[O-2].[Ti+4]. The molecule has 0 aromatic carbocycles. The van der Waals surface area contributed by atoms with Crippen molar-refractivity contribution >= 4 is 23.9 Å². The molecule has 0 aliphatic heterocycles. The normalized spacial score (nSPS) is 11.4. The Hall–Kier alpha value is -1.49. The molecule has 11 heteroatoms. The number of carbonyl (C=O) groups is 4. The van der Waals surface area contributed by atoms with E-state index in [2.05, 4.69) is 0 Å². The van der Waals surface area contributed by atoms with Crippen molar-refractivity contribution < 1.29 is 72.3 Å². The topological polar surface area (TPSA) is 206 Å². The van der Waals surface area contributed by atoms with Crippen molar-refractivity contribution in [2.75, 3.05) is 0 Å². The van der Waals surface area contributed by atoms with Crippen LogP contribution in [-0.2, 0) is 51.8 Å². The molecule has 0 saturated carbocycles. The first-order chi connectivity index (χ1) is 13.2. The van der Waals surface area contributed by atoms with Crippen LogP contribution in [0.5, 0.6) is 0 Å². The van der Waals surface area contributed by atoms with E-state index in [1.165, 1.54) is 0 Å². The summed E-state index contributed by atoms with van der Waals surface area (Å²) in [6, 6.07) is 0. The van der Waals surface area contributed by atoms with E-state index in [9.17, 15) is 19.2 Å². The summed E-state index contributed by atoms with van der Waals surface area (Å²) in [5.74, 6) is -3.36. The van der Waals surface area contributed by atoms with Crippen LogP contribution in [0.15, 0.2) is 0 Å². The third kappa shape index (κ3) is 13.7. The molecule has 0 fully saturated rings. The first-order valence-corrected chi connectivity index (χ1v) is 10.1. The van der Waals surface area contributed by atoms with Gasteiger partial charge in [-0.25, -0.2) is 0 Å². The third-order valence-electron chi connectivity index (χ3n) is 6.84. The fourth-order valence-electron chi connectivity index (χ4n) is 2.57. The summed E-state index contributed by atoms with van der Waals surface area (Å²) in [4.78, 5) is 42.8. The van der Waals surface area contributed by atoms with Gasteiger partial charge in [0.05, 0.1) is 10.8 Å². The summed E-state index contributed by atoms with van der Waals surface area (Å²) in [6.07, 6.45) is 2.41. The Labute approximate surface area is 211 Å². The van der Waals surface area contributed by atoms with Crippen LogP contribution in [0.1, 0.15) is 93.9 Å². The smallest absolute Gasteiger partial charge is 2.00 e. The Morgan fingerprint density at radius 2 is 0.758 bits per heavy atom. The molecule has 0 amide bonds. The Balaban J connectivity index is -0.000000145. The van der Waals surface area contributed by atoms with Crippen molar-refractivity contribution in [2.24, 2.45) is 21.7 Å². The Morgan fingerprint density at radius 1 is 0.545 bits per heavy atom. The van der Waals surface area contributed by atoms with Crippen LogP contribution in [0.2, 0.25) is 0 Å². The number of rotatable bonds is 12. The van der Waals surface area contributed by atoms with E-state index in [4.69, 9.17) is 20.4 Å². The zero-order chi connectivity index (χ0) is 24.6. The maximum absolute atomic E-state index is 11.0. The molecule has 10 nitrogen and oxygen atoms in total. The molecule has 0 aromatic heterocycles. The van der Waals surface area contributed by atoms with Crippen LogP contribution in [-0.4, -0.2) is 44.3 Å². The van der Waals surface area contributed by atoms with Crippen LogP contribution in [0, 0.1) is 21.7 Å². The van der Waals surface area contributed by atoms with Crippen molar-refractivity contribution in [1.29, 1.82) is 0 Å². The molecule has 0 aromatic rings. The van der Waals surface area contributed by atoms with Gasteiger partial charge >= 0.3 is 45.6 Å². The fraction of sp³-hybridized carbons (Fsp3) is 0.818. The molecule has 192 valence electrons. The van der Waals surface area contributed by atoms with E-state index < -0.39 is 45.5 Å². The van der Waals surface area contributed by atoms with Crippen LogP contribution in [0.25, 0.3) is 0 Å². The van der Waals surface area contributed by atoms with E-state index in [0.717, 1.165) is 0 Å². The number of aliphatic carboxylic acids is 4. The third-order valence-corrected chi connectivity index (χ3v) is 6.84. The van der Waals surface area contributed by atoms with Gasteiger partial charge in [-0.3, -0.25) is 19.2 Å². The van der Waals surface area contributed by atoms with E-state index in [0.29, 0.717) is 25.7 Å². The standard InChI is InChI=1S/2C11H20O4.2O.Ti/c2*1-10(2,7-5-6-8(12)13)11(3,4)9(14)15;;;/h2*5-7H2,1-4H3,(H,12,13)(H,14,15);;;/q;;2*-2;+4. The van der Waals surface area contributed by atoms with E-state index in [1.807, 2.05) is 27.7 Å². The molecule has 33 heavy (non-hydrogen) atoms. The summed E-state index contributed by atoms with van der Waals surface area (Å²) in [6.45, 7) is 14.2. The zero-order valence-electron chi connectivity index (χ0n) is 21.0. The maximum atomic E-state index is 11.0. The minimum absolute atomic E-state index is 0. The maximum Gasteiger partial charge on any atom is 4.00 e. The molecule has 0 heterocycles. The molecule has 0 aliphatic rings. The molecule has 0 atom stereocenters. The predicted octanol–water partition coefficient (Wildman–Crippen LogP) is 4.52. The van der Waals surface area contributed by atoms with E-state index >= 15 is 0 Å². The van der Waals surface area contributed by atoms with Crippen LogP contribution < -0.4 is 0 Å². The molecule has 4 N–H and O–H groups in total. The summed E-state index contributed by atoms with van der Waals surface area (Å²) in [5.41, 5.74) is -2.50. The van der Waals surface area contributed by atoms with Gasteiger partial charge in [-0.05, 0) is 64.2 Å². The van der Waals surface area contributed by atoms with Crippen LogP contribution in [0.4, 0.5) is 0 Å². The summed E-state index contributed by atoms with van der Waals surface area (Å²) in [5, 5.41) is 35.2. The largest absolute Gasteiger partial charge is 4.00 e. The van der Waals surface area contributed by atoms with E-state index in [1.54, 1.807) is 27.7 Å². The second-order valence-electron chi connectivity index (χ2n) is 10.1. The molecule has 0 rings (SSSR count). The van der Waals surface area contributed by atoms with Gasteiger partial charge in [0.2, 0.25) is 0 Å². The zero-order valence-corrected chi connectivity index (χ0v) is 22.5. The quantitative estimate of drug-likeness (QED) is 0.273. The molecule has 0 bridgehead atoms. The van der Waals surface area contributed by atoms with Crippen molar-refractivity contribution in [2.45, 2.75) is 93.9 Å². The van der Waals surface area contributed by atoms with Crippen LogP contribution in [0.3, 0.4) is 0 Å². The summed E-state index contributed by atoms with van der Waals surface area (Å²) in [7, 11) is 0. The number of hydrogen-bond acceptors (Lipinski definition) is 4. The van der Waals surface area contributed by atoms with Gasteiger partial charge in [-0.2, -0.15) is 0 Å². The van der Waals surface area contributed by atoms with Gasteiger partial charge in [0.1, 0.15) is 0 Å². The number of hydrogen-bond donors (Lipinski definition) is 4. The van der Waals surface area contributed by atoms with Gasteiger partial charge in [0, 0.05) is 12.8 Å². The molecular formula is C22H40O10Ti. The first-order valence-electron chi connectivity index (χ1n) is 10.1. The van der Waals surface area contributed by atoms with E-state index in [-0.39, 0.29) is 45.5 Å². The summed E-state index contributed by atoms with van der Waals surface area (Å²) < 4.78 is 0. The Morgan fingerprint density at radius 3 is 0.909 bits per heavy atom. The molecule has 0 saturated heterocycles. The molecule has 0 radical (unpaired) electrons. The average molecular weight is 512 g/mol. The minimum atomic E-state index is -0.845. The Bertz CT molecular complexity index is 571. The van der Waals surface area contributed by atoms with Gasteiger partial charge in [-0.1, -0.05) is 27.7 Å². The van der Waals surface area contributed by atoms with Crippen molar-refractivity contribution in [1.82, 2.24) is 0 Å². The van der Waals surface area contributed by atoms with Crippen molar-refractivity contribution in [3.63, 3.8) is 0 Å². The minimum Gasteiger partial charge on any atom is -2.00 e. The van der Waals surface area contributed by atoms with Crippen molar-refractivity contribution in [3.05, 3.63) is 0 Å². The Kier molecular flexibility index (Phi) is 20.5. The summed E-state index contributed by atoms with van der Waals surface area (Å²) >= 11 is 0. The monoisotopic (exact) mass is 512 g/mol. The fourth-order valence-corrected chi connectivity index (χ4v) is 2.57. The first kappa shape index (κ1) is 41.7. The van der Waals surface area contributed by atoms with Gasteiger partial charge in [0.15, 0.2) is 0 Å². The predicted molar refractivity (Wildman–Crippen MR) is 115 cm³/mol. The van der Waals surface area contributed by atoms with Gasteiger partial charge < -0.3 is 31.4 Å². The molecule has 0 aliphatic carbocycles. The average Bonchev–Trinajstić information content (AvgIpc) is 2.53. The van der Waals surface area contributed by atoms with Crippen LogP contribution >= 0.6 is 0 Å². The van der Waals surface area contributed by atoms with Gasteiger partial charge in [-0.15, -0.1) is 0 Å². The number of carboxylic acids is 4. The second kappa shape index (κ2) is 16.2. The molecule has 0 spiro atoms. The second-order valence-corrected chi connectivity index (χ2v) is 10.1.